The number of hydrogen-bond acceptors (Lipinski definition) is 3. The van der Waals surface area contributed by atoms with Crippen molar-refractivity contribution in [3.63, 3.8) is 0 Å². The second-order valence-electron chi connectivity index (χ2n) is 5.50. The number of pyridine rings is 1. The standard InChI is InChI=1S/C20H18FNO2/c1-14-7-8-19(20(9-14)23-2)24-13-15-10-16(12-22-11-15)17-5-3-4-6-18(17)21/h3-12H,13H2,1-2H3. The fourth-order valence-corrected chi connectivity index (χ4v) is 2.46. The second-order valence-corrected chi connectivity index (χ2v) is 5.50. The minimum absolute atomic E-state index is 0.266. The van der Waals surface area contributed by atoms with Gasteiger partial charge in [-0.1, -0.05) is 24.3 Å². The smallest absolute Gasteiger partial charge is 0.161 e. The lowest BCUT2D eigenvalue weighted by atomic mass is 10.1. The van der Waals surface area contributed by atoms with Gasteiger partial charge in [0.2, 0.25) is 0 Å². The summed E-state index contributed by atoms with van der Waals surface area (Å²) in [6.07, 6.45) is 3.36. The molecule has 0 N–H and O–H groups in total. The molecule has 0 aliphatic heterocycles. The topological polar surface area (TPSA) is 31.4 Å². The van der Waals surface area contributed by atoms with Crippen molar-refractivity contribution in [2.24, 2.45) is 0 Å². The molecular formula is C20H18FNO2. The van der Waals surface area contributed by atoms with Crippen molar-refractivity contribution >= 4 is 0 Å². The Hall–Kier alpha value is -2.88. The first-order valence-corrected chi connectivity index (χ1v) is 7.63. The molecule has 0 bridgehead atoms. The summed E-state index contributed by atoms with van der Waals surface area (Å²) in [7, 11) is 1.61. The minimum Gasteiger partial charge on any atom is -0.493 e. The zero-order chi connectivity index (χ0) is 16.9. The van der Waals surface area contributed by atoms with Crippen LogP contribution in [-0.4, -0.2) is 12.1 Å². The first kappa shape index (κ1) is 16.0. The van der Waals surface area contributed by atoms with E-state index in [0.717, 1.165) is 16.7 Å². The predicted molar refractivity (Wildman–Crippen MR) is 91.7 cm³/mol. The summed E-state index contributed by atoms with van der Waals surface area (Å²) in [5.74, 6) is 1.09. The normalized spacial score (nSPS) is 10.5. The van der Waals surface area contributed by atoms with Crippen molar-refractivity contribution in [2.75, 3.05) is 7.11 Å². The summed E-state index contributed by atoms with van der Waals surface area (Å²) in [4.78, 5) is 4.19. The maximum atomic E-state index is 13.9. The molecule has 0 aliphatic rings. The van der Waals surface area contributed by atoms with Crippen molar-refractivity contribution in [3.05, 3.63) is 77.9 Å². The van der Waals surface area contributed by atoms with Crippen LogP contribution >= 0.6 is 0 Å². The van der Waals surface area contributed by atoms with E-state index >= 15 is 0 Å². The summed E-state index contributed by atoms with van der Waals surface area (Å²) in [5, 5.41) is 0. The Morgan fingerprint density at radius 1 is 1.00 bits per heavy atom. The fourth-order valence-electron chi connectivity index (χ4n) is 2.46. The van der Waals surface area contributed by atoms with Crippen LogP contribution in [0.25, 0.3) is 11.1 Å². The van der Waals surface area contributed by atoms with E-state index in [4.69, 9.17) is 9.47 Å². The average Bonchev–Trinajstić information content (AvgIpc) is 2.61. The van der Waals surface area contributed by atoms with E-state index in [1.54, 1.807) is 37.7 Å². The lowest BCUT2D eigenvalue weighted by molar-refractivity contribution is 0.284. The van der Waals surface area contributed by atoms with Gasteiger partial charge in [0.05, 0.1) is 7.11 Å². The van der Waals surface area contributed by atoms with Gasteiger partial charge in [-0.2, -0.15) is 0 Å². The maximum absolute atomic E-state index is 13.9. The summed E-state index contributed by atoms with van der Waals surface area (Å²) < 4.78 is 25.1. The van der Waals surface area contributed by atoms with Gasteiger partial charge in [-0.3, -0.25) is 4.98 Å². The number of halogens is 1. The van der Waals surface area contributed by atoms with Crippen LogP contribution in [0.1, 0.15) is 11.1 Å². The zero-order valence-electron chi connectivity index (χ0n) is 13.6. The highest BCUT2D eigenvalue weighted by atomic mass is 19.1. The number of aromatic nitrogens is 1. The lowest BCUT2D eigenvalue weighted by Gasteiger charge is -2.12. The van der Waals surface area contributed by atoms with Crippen molar-refractivity contribution in [1.29, 1.82) is 0 Å². The number of nitrogens with zero attached hydrogens (tertiary/aromatic N) is 1. The van der Waals surface area contributed by atoms with Crippen molar-refractivity contribution < 1.29 is 13.9 Å². The summed E-state index contributed by atoms with van der Waals surface area (Å²) in [6, 6.07) is 14.3. The summed E-state index contributed by atoms with van der Waals surface area (Å²) >= 11 is 0. The molecular weight excluding hydrogens is 305 g/mol. The van der Waals surface area contributed by atoms with E-state index in [-0.39, 0.29) is 5.82 Å². The Bertz CT molecular complexity index is 849. The Morgan fingerprint density at radius 3 is 2.62 bits per heavy atom. The van der Waals surface area contributed by atoms with Crippen LogP contribution in [0, 0.1) is 12.7 Å². The van der Waals surface area contributed by atoms with E-state index in [1.165, 1.54) is 6.07 Å². The fraction of sp³-hybridized carbons (Fsp3) is 0.150. The maximum Gasteiger partial charge on any atom is 0.161 e. The molecule has 0 saturated carbocycles. The molecule has 0 amide bonds. The molecule has 2 aromatic carbocycles. The van der Waals surface area contributed by atoms with Gasteiger partial charge in [0.15, 0.2) is 11.5 Å². The van der Waals surface area contributed by atoms with Crippen LogP contribution < -0.4 is 9.47 Å². The molecule has 0 atom stereocenters. The molecule has 0 saturated heterocycles. The Morgan fingerprint density at radius 2 is 1.83 bits per heavy atom. The van der Waals surface area contributed by atoms with Gasteiger partial charge in [-0.15, -0.1) is 0 Å². The van der Waals surface area contributed by atoms with E-state index < -0.39 is 0 Å². The molecule has 4 heteroatoms. The van der Waals surface area contributed by atoms with Gasteiger partial charge in [0.25, 0.3) is 0 Å². The molecule has 3 nitrogen and oxygen atoms in total. The second kappa shape index (κ2) is 7.13. The molecule has 0 unspecified atom stereocenters. The van der Waals surface area contributed by atoms with Crippen LogP contribution in [0.3, 0.4) is 0 Å². The van der Waals surface area contributed by atoms with Gasteiger partial charge in [0, 0.05) is 29.1 Å². The molecule has 1 aromatic heterocycles. The zero-order valence-corrected chi connectivity index (χ0v) is 13.6. The van der Waals surface area contributed by atoms with Crippen LogP contribution in [0.15, 0.2) is 60.9 Å². The number of benzene rings is 2. The van der Waals surface area contributed by atoms with Gasteiger partial charge in [0.1, 0.15) is 12.4 Å². The van der Waals surface area contributed by atoms with Gasteiger partial charge in [-0.05, 0) is 36.8 Å². The Balaban J connectivity index is 1.80. The molecule has 0 fully saturated rings. The molecule has 0 spiro atoms. The van der Waals surface area contributed by atoms with Crippen LogP contribution in [-0.2, 0) is 6.61 Å². The first-order chi connectivity index (χ1) is 11.7. The molecule has 122 valence electrons. The van der Waals surface area contributed by atoms with Crippen molar-refractivity contribution in [3.8, 4) is 22.6 Å². The predicted octanol–water partition coefficient (Wildman–Crippen LogP) is 4.78. The molecule has 3 aromatic rings. The van der Waals surface area contributed by atoms with E-state index in [0.29, 0.717) is 23.7 Å². The van der Waals surface area contributed by atoms with Crippen molar-refractivity contribution in [1.82, 2.24) is 4.98 Å². The van der Waals surface area contributed by atoms with Gasteiger partial charge in [-0.25, -0.2) is 4.39 Å². The van der Waals surface area contributed by atoms with Crippen LogP contribution in [0.2, 0.25) is 0 Å². The number of ether oxygens (including phenoxy) is 2. The number of aryl methyl sites for hydroxylation is 1. The number of hydrogen-bond donors (Lipinski definition) is 0. The minimum atomic E-state index is -0.266. The highest BCUT2D eigenvalue weighted by Crippen LogP contribution is 2.29. The highest BCUT2D eigenvalue weighted by Gasteiger charge is 2.08. The molecule has 1 heterocycles. The third-order valence-electron chi connectivity index (χ3n) is 3.69. The van der Waals surface area contributed by atoms with Crippen molar-refractivity contribution in [2.45, 2.75) is 13.5 Å². The largest absolute Gasteiger partial charge is 0.493 e. The van der Waals surface area contributed by atoms with Gasteiger partial charge >= 0.3 is 0 Å². The SMILES string of the molecule is COc1cc(C)ccc1OCc1cncc(-c2ccccc2F)c1. The molecule has 0 aliphatic carbocycles. The Labute approximate surface area is 140 Å². The van der Waals surface area contributed by atoms with Gasteiger partial charge < -0.3 is 9.47 Å². The monoisotopic (exact) mass is 323 g/mol. The Kier molecular flexibility index (Phi) is 4.75. The lowest BCUT2D eigenvalue weighted by Crippen LogP contribution is -1.99. The summed E-state index contributed by atoms with van der Waals surface area (Å²) in [5.41, 5.74) is 3.21. The van der Waals surface area contributed by atoms with E-state index in [9.17, 15) is 4.39 Å². The number of rotatable bonds is 5. The average molecular weight is 323 g/mol. The summed E-state index contributed by atoms with van der Waals surface area (Å²) in [6.45, 7) is 2.32. The van der Waals surface area contributed by atoms with E-state index in [2.05, 4.69) is 4.98 Å². The molecule has 24 heavy (non-hydrogen) atoms. The van der Waals surface area contributed by atoms with Crippen LogP contribution in [0.4, 0.5) is 4.39 Å². The molecule has 3 rings (SSSR count). The quantitative estimate of drug-likeness (QED) is 0.677. The highest BCUT2D eigenvalue weighted by molar-refractivity contribution is 5.63. The molecule has 0 radical (unpaired) electrons. The van der Waals surface area contributed by atoms with Crippen LogP contribution in [0.5, 0.6) is 11.5 Å². The number of methoxy groups -OCH3 is 1. The third kappa shape index (κ3) is 3.54. The third-order valence-corrected chi connectivity index (χ3v) is 3.69. The van der Waals surface area contributed by atoms with E-state index in [1.807, 2.05) is 31.2 Å². The first-order valence-electron chi connectivity index (χ1n) is 7.63.